The Morgan fingerprint density at radius 2 is 1.83 bits per heavy atom. The van der Waals surface area contributed by atoms with Crippen molar-refractivity contribution in [2.24, 2.45) is 0 Å². The molecule has 126 valence electrons. The first-order chi connectivity index (χ1) is 11.5. The van der Waals surface area contributed by atoms with Gasteiger partial charge < -0.3 is 10.4 Å². The molecule has 1 aromatic heterocycles. The minimum atomic E-state index is -0.880. The Morgan fingerprint density at radius 1 is 1.12 bits per heavy atom. The van der Waals surface area contributed by atoms with Crippen LogP contribution in [0.5, 0.6) is 0 Å². The summed E-state index contributed by atoms with van der Waals surface area (Å²) in [7, 11) is 0. The van der Waals surface area contributed by atoms with E-state index in [-0.39, 0.29) is 12.1 Å². The fourth-order valence-corrected chi connectivity index (χ4v) is 1.99. The van der Waals surface area contributed by atoms with Gasteiger partial charge in [0.05, 0.1) is 5.69 Å². The number of hydrogen-bond acceptors (Lipinski definition) is 4. The maximum atomic E-state index is 13.0. The maximum absolute atomic E-state index is 13.0. The summed E-state index contributed by atoms with van der Waals surface area (Å²) in [6.07, 6.45) is 1.03. The summed E-state index contributed by atoms with van der Waals surface area (Å²) < 4.78 is 14.0. The molecule has 2 aromatic rings. The Labute approximate surface area is 136 Å². The minimum absolute atomic E-state index is 0.0390. The van der Waals surface area contributed by atoms with Gasteiger partial charge in [0.15, 0.2) is 0 Å². The highest BCUT2D eigenvalue weighted by Crippen LogP contribution is 2.06. The number of benzene rings is 1. The van der Waals surface area contributed by atoms with Crippen LogP contribution < -0.4 is 10.9 Å². The van der Waals surface area contributed by atoms with Crippen LogP contribution in [0.25, 0.3) is 5.69 Å². The first kappa shape index (κ1) is 17.3. The van der Waals surface area contributed by atoms with Gasteiger partial charge in [-0.2, -0.15) is 9.78 Å². The third-order valence-corrected chi connectivity index (χ3v) is 3.21. The third kappa shape index (κ3) is 4.73. The summed E-state index contributed by atoms with van der Waals surface area (Å²) in [6, 6.07) is 7.66. The first-order valence-electron chi connectivity index (χ1n) is 7.33. The summed E-state index contributed by atoms with van der Waals surface area (Å²) >= 11 is 0. The Bertz CT molecular complexity index is 787. The smallest absolute Gasteiger partial charge is 0.303 e. The number of aromatic nitrogens is 2. The molecule has 0 radical (unpaired) electrons. The van der Waals surface area contributed by atoms with Gasteiger partial charge in [0, 0.05) is 19.0 Å². The molecule has 7 nitrogen and oxygen atoms in total. The van der Waals surface area contributed by atoms with E-state index >= 15 is 0 Å². The van der Waals surface area contributed by atoms with E-state index in [1.54, 1.807) is 0 Å². The number of amides is 1. The van der Waals surface area contributed by atoms with Gasteiger partial charge in [-0.15, -0.1) is 0 Å². The Morgan fingerprint density at radius 3 is 2.50 bits per heavy atom. The van der Waals surface area contributed by atoms with Crippen molar-refractivity contribution >= 4 is 11.9 Å². The van der Waals surface area contributed by atoms with E-state index in [0.29, 0.717) is 25.1 Å². The molecule has 2 N–H and O–H groups in total. The lowest BCUT2D eigenvalue weighted by Crippen LogP contribution is -2.29. The van der Waals surface area contributed by atoms with Crippen LogP contribution in [-0.4, -0.2) is 33.3 Å². The molecule has 8 heteroatoms. The topological polar surface area (TPSA) is 101 Å². The van der Waals surface area contributed by atoms with Crippen LogP contribution in [0.3, 0.4) is 0 Å². The molecule has 1 aromatic carbocycles. The Kier molecular flexibility index (Phi) is 5.78. The summed E-state index contributed by atoms with van der Waals surface area (Å²) in [5, 5.41) is 15.1. The summed E-state index contributed by atoms with van der Waals surface area (Å²) in [5.41, 5.74) is -0.0608. The van der Waals surface area contributed by atoms with Crippen molar-refractivity contribution in [2.75, 3.05) is 6.54 Å². The highest BCUT2D eigenvalue weighted by molar-refractivity contribution is 5.92. The number of carboxylic acids is 1. The first-order valence-corrected chi connectivity index (χ1v) is 7.33. The zero-order chi connectivity index (χ0) is 17.5. The molecule has 1 amide bonds. The lowest BCUT2D eigenvalue weighted by Gasteiger charge is -2.07. The molecule has 1 heterocycles. The second-order valence-corrected chi connectivity index (χ2v) is 5.05. The van der Waals surface area contributed by atoms with E-state index in [2.05, 4.69) is 10.4 Å². The monoisotopic (exact) mass is 333 g/mol. The van der Waals surface area contributed by atoms with Crippen molar-refractivity contribution in [2.45, 2.75) is 19.3 Å². The van der Waals surface area contributed by atoms with Crippen LogP contribution in [0.1, 0.15) is 29.8 Å². The summed E-state index contributed by atoms with van der Waals surface area (Å²) in [6.45, 7) is 0.309. The molecule has 0 aliphatic heterocycles. The SMILES string of the molecule is O=C(O)CCCCNC(=O)c1ccc(=O)n(-c2ccc(F)cc2)n1. The van der Waals surface area contributed by atoms with E-state index < -0.39 is 23.3 Å². The van der Waals surface area contributed by atoms with E-state index in [9.17, 15) is 18.8 Å². The van der Waals surface area contributed by atoms with Crippen molar-refractivity contribution in [3.63, 3.8) is 0 Å². The number of hydrogen-bond donors (Lipinski definition) is 2. The Balaban J connectivity index is 2.04. The predicted molar refractivity (Wildman–Crippen MR) is 83.6 cm³/mol. The largest absolute Gasteiger partial charge is 0.481 e. The van der Waals surface area contributed by atoms with Crippen LogP contribution in [0.15, 0.2) is 41.2 Å². The molecule has 0 aliphatic rings. The second-order valence-electron chi connectivity index (χ2n) is 5.05. The van der Waals surface area contributed by atoms with Gasteiger partial charge in [-0.3, -0.25) is 14.4 Å². The number of carboxylic acid groups (broad SMARTS) is 1. The van der Waals surface area contributed by atoms with E-state index in [1.165, 1.54) is 36.4 Å². The van der Waals surface area contributed by atoms with Gasteiger partial charge >= 0.3 is 5.97 Å². The average Bonchev–Trinajstić information content (AvgIpc) is 2.55. The Hall–Kier alpha value is -3.03. The molecule has 0 bridgehead atoms. The number of aliphatic carboxylic acids is 1. The van der Waals surface area contributed by atoms with Crippen molar-refractivity contribution in [3.8, 4) is 5.69 Å². The number of unbranched alkanes of at least 4 members (excludes halogenated alkanes) is 1. The van der Waals surface area contributed by atoms with Crippen molar-refractivity contribution < 1.29 is 19.1 Å². The number of nitrogens with zero attached hydrogens (tertiary/aromatic N) is 2. The number of carbonyl (C=O) groups is 2. The number of halogens is 1. The zero-order valence-corrected chi connectivity index (χ0v) is 12.7. The molecule has 0 saturated heterocycles. The normalized spacial score (nSPS) is 10.4. The fourth-order valence-electron chi connectivity index (χ4n) is 1.99. The number of carbonyl (C=O) groups excluding carboxylic acids is 1. The van der Waals surface area contributed by atoms with Gasteiger partial charge in [0.2, 0.25) is 0 Å². The standard InChI is InChI=1S/C16H16FN3O4/c17-11-4-6-12(7-5-11)20-14(21)9-8-13(19-20)16(24)18-10-2-1-3-15(22)23/h4-9H,1-3,10H2,(H,18,24)(H,22,23). The average molecular weight is 333 g/mol. The highest BCUT2D eigenvalue weighted by atomic mass is 19.1. The van der Waals surface area contributed by atoms with Crippen LogP contribution in [0.2, 0.25) is 0 Å². The molecule has 0 aliphatic carbocycles. The minimum Gasteiger partial charge on any atom is -0.481 e. The number of rotatable bonds is 7. The van der Waals surface area contributed by atoms with E-state index in [0.717, 1.165) is 4.68 Å². The van der Waals surface area contributed by atoms with Crippen LogP contribution in [0.4, 0.5) is 4.39 Å². The quantitative estimate of drug-likeness (QED) is 0.745. The van der Waals surface area contributed by atoms with E-state index in [1.807, 2.05) is 0 Å². The molecule has 0 spiro atoms. The molecule has 0 fully saturated rings. The van der Waals surface area contributed by atoms with Crippen molar-refractivity contribution in [1.82, 2.24) is 15.1 Å². The lowest BCUT2D eigenvalue weighted by molar-refractivity contribution is -0.137. The highest BCUT2D eigenvalue weighted by Gasteiger charge is 2.10. The lowest BCUT2D eigenvalue weighted by atomic mass is 10.2. The summed E-state index contributed by atoms with van der Waals surface area (Å²) in [4.78, 5) is 34.3. The van der Waals surface area contributed by atoms with Crippen molar-refractivity contribution in [1.29, 1.82) is 0 Å². The van der Waals surface area contributed by atoms with E-state index in [4.69, 9.17) is 5.11 Å². The summed E-state index contributed by atoms with van der Waals surface area (Å²) in [5.74, 6) is -1.79. The van der Waals surface area contributed by atoms with Crippen molar-refractivity contribution in [3.05, 3.63) is 58.3 Å². The third-order valence-electron chi connectivity index (χ3n) is 3.21. The van der Waals surface area contributed by atoms with Gasteiger partial charge in [0.25, 0.3) is 11.5 Å². The molecule has 0 unspecified atom stereocenters. The molecular weight excluding hydrogens is 317 g/mol. The van der Waals surface area contributed by atoms with Gasteiger partial charge in [-0.1, -0.05) is 0 Å². The van der Waals surface area contributed by atoms with Crippen LogP contribution in [0, 0.1) is 5.82 Å². The molecule has 0 saturated carbocycles. The molecule has 24 heavy (non-hydrogen) atoms. The number of nitrogens with one attached hydrogen (secondary N) is 1. The second kappa shape index (κ2) is 8.00. The fraction of sp³-hybridized carbons (Fsp3) is 0.250. The van der Waals surface area contributed by atoms with Crippen LogP contribution in [-0.2, 0) is 4.79 Å². The molecular formula is C16H16FN3O4. The predicted octanol–water partition coefficient (Wildman–Crippen LogP) is 1.36. The molecule has 0 atom stereocenters. The van der Waals surface area contributed by atoms with Gasteiger partial charge in [-0.05, 0) is 43.2 Å². The van der Waals surface area contributed by atoms with Gasteiger partial charge in [0.1, 0.15) is 11.5 Å². The zero-order valence-electron chi connectivity index (χ0n) is 12.7. The van der Waals surface area contributed by atoms with Crippen LogP contribution >= 0.6 is 0 Å². The molecule has 2 rings (SSSR count). The van der Waals surface area contributed by atoms with Gasteiger partial charge in [-0.25, -0.2) is 4.39 Å². The maximum Gasteiger partial charge on any atom is 0.303 e.